The summed E-state index contributed by atoms with van der Waals surface area (Å²) in [6, 6.07) is 3.95. The summed E-state index contributed by atoms with van der Waals surface area (Å²) in [6.45, 7) is -3.13. The van der Waals surface area contributed by atoms with Gasteiger partial charge in [0.2, 0.25) is 0 Å². The van der Waals surface area contributed by atoms with Crippen LogP contribution in [0.15, 0.2) is 12.1 Å². The van der Waals surface area contributed by atoms with Crippen LogP contribution in [-0.4, -0.2) is 19.7 Å². The van der Waals surface area contributed by atoms with Crippen molar-refractivity contribution in [3.05, 3.63) is 28.8 Å². The molecule has 1 rings (SSSR count). The Morgan fingerprint density at radius 2 is 2.22 bits per heavy atom. The first-order chi connectivity index (χ1) is 8.53. The summed E-state index contributed by atoms with van der Waals surface area (Å²) in [5.41, 5.74) is 5.60. The molecular weight excluding hydrogens is 246 g/mol. The molecule has 0 aromatic heterocycles. The molecule has 0 spiro atoms. The maximum atomic E-state index is 12.2. The third kappa shape index (κ3) is 2.93. The van der Waals surface area contributed by atoms with E-state index in [0.29, 0.717) is 5.56 Å². The maximum absolute atomic E-state index is 12.2. The molecule has 5 nitrogen and oxygen atoms in total. The van der Waals surface area contributed by atoms with Crippen LogP contribution in [0.25, 0.3) is 0 Å². The van der Waals surface area contributed by atoms with Crippen LogP contribution < -0.4 is 10.5 Å². The Kier molecular flexibility index (Phi) is 4.57. The lowest BCUT2D eigenvalue weighted by Gasteiger charge is -2.11. The van der Waals surface area contributed by atoms with Crippen LogP contribution in [0.4, 0.5) is 8.78 Å². The molecule has 0 aliphatic rings. The monoisotopic (exact) mass is 256 g/mol. The molecule has 0 fully saturated rings. The van der Waals surface area contributed by atoms with Crippen molar-refractivity contribution in [1.29, 1.82) is 5.26 Å². The number of carbonyl (C=O) groups excluding carboxylic acids is 1. The molecule has 0 unspecified atom stereocenters. The number of hydrogen-bond donors (Lipinski definition) is 1. The van der Waals surface area contributed by atoms with E-state index in [9.17, 15) is 13.6 Å². The molecule has 1 aromatic carbocycles. The first-order valence-electron chi connectivity index (χ1n) is 4.83. The van der Waals surface area contributed by atoms with Crippen molar-refractivity contribution in [3.63, 3.8) is 0 Å². The molecule has 0 heterocycles. The van der Waals surface area contributed by atoms with Crippen molar-refractivity contribution in [3.8, 4) is 11.8 Å². The van der Waals surface area contributed by atoms with Crippen LogP contribution in [0.1, 0.15) is 21.5 Å². The smallest absolute Gasteiger partial charge is 0.387 e. The van der Waals surface area contributed by atoms with Gasteiger partial charge in [-0.15, -0.1) is 0 Å². The lowest BCUT2D eigenvalue weighted by Crippen LogP contribution is -2.12. The number of rotatable bonds is 4. The van der Waals surface area contributed by atoms with Gasteiger partial charge in [-0.3, -0.25) is 0 Å². The number of ether oxygens (including phenoxy) is 2. The zero-order valence-corrected chi connectivity index (χ0v) is 9.44. The zero-order chi connectivity index (χ0) is 13.7. The Balaban J connectivity index is 3.35. The second-order valence-corrected chi connectivity index (χ2v) is 3.19. The molecule has 96 valence electrons. The van der Waals surface area contributed by atoms with E-state index in [4.69, 9.17) is 11.0 Å². The van der Waals surface area contributed by atoms with E-state index in [1.54, 1.807) is 6.07 Å². The molecule has 2 N–H and O–H groups in total. The minimum absolute atomic E-state index is 0.00495. The highest BCUT2D eigenvalue weighted by Gasteiger charge is 2.18. The van der Waals surface area contributed by atoms with E-state index in [1.165, 1.54) is 6.07 Å². The SMILES string of the molecule is COC(=O)c1cc(OC(F)F)c(C#N)cc1CN. The number of alkyl halides is 2. The highest BCUT2D eigenvalue weighted by atomic mass is 19.3. The summed E-state index contributed by atoms with van der Waals surface area (Å²) in [7, 11) is 1.15. The van der Waals surface area contributed by atoms with Gasteiger partial charge in [0.15, 0.2) is 0 Å². The summed E-state index contributed by atoms with van der Waals surface area (Å²) in [6.07, 6.45) is 0. The zero-order valence-electron chi connectivity index (χ0n) is 9.44. The van der Waals surface area contributed by atoms with E-state index in [0.717, 1.165) is 13.2 Å². The topological polar surface area (TPSA) is 85.3 Å². The number of benzene rings is 1. The molecule has 0 saturated carbocycles. The molecule has 7 heteroatoms. The number of nitriles is 1. The Labute approximate surface area is 102 Å². The van der Waals surface area contributed by atoms with E-state index in [2.05, 4.69) is 9.47 Å². The fourth-order valence-corrected chi connectivity index (χ4v) is 1.37. The summed E-state index contributed by atoms with van der Waals surface area (Å²) in [5.74, 6) is -1.12. The van der Waals surface area contributed by atoms with Gasteiger partial charge in [0.1, 0.15) is 11.8 Å². The Hall–Kier alpha value is -2.20. The molecule has 0 bridgehead atoms. The van der Waals surface area contributed by atoms with Crippen molar-refractivity contribution in [2.45, 2.75) is 13.2 Å². The van der Waals surface area contributed by atoms with E-state index in [-0.39, 0.29) is 23.4 Å². The molecule has 0 radical (unpaired) electrons. The van der Waals surface area contributed by atoms with Gasteiger partial charge in [-0.2, -0.15) is 14.0 Å². The van der Waals surface area contributed by atoms with Crippen LogP contribution in [0.5, 0.6) is 5.75 Å². The van der Waals surface area contributed by atoms with Gasteiger partial charge >= 0.3 is 12.6 Å². The lowest BCUT2D eigenvalue weighted by atomic mass is 10.0. The number of methoxy groups -OCH3 is 1. The van der Waals surface area contributed by atoms with Gasteiger partial charge in [-0.1, -0.05) is 0 Å². The highest BCUT2D eigenvalue weighted by molar-refractivity contribution is 5.92. The van der Waals surface area contributed by atoms with Gasteiger partial charge in [-0.25, -0.2) is 4.79 Å². The average Bonchev–Trinajstić information content (AvgIpc) is 2.36. The predicted molar refractivity (Wildman–Crippen MR) is 57.0 cm³/mol. The first-order valence-corrected chi connectivity index (χ1v) is 4.83. The summed E-state index contributed by atoms with van der Waals surface area (Å²) < 4.78 is 33.0. The molecule has 0 aliphatic carbocycles. The third-order valence-electron chi connectivity index (χ3n) is 2.17. The third-order valence-corrected chi connectivity index (χ3v) is 2.17. The largest absolute Gasteiger partial charge is 0.465 e. The summed E-state index contributed by atoms with van der Waals surface area (Å²) >= 11 is 0. The van der Waals surface area contributed by atoms with Crippen molar-refractivity contribution in [1.82, 2.24) is 0 Å². The highest BCUT2D eigenvalue weighted by Crippen LogP contribution is 2.25. The second kappa shape index (κ2) is 5.93. The molecular formula is C11H10F2N2O3. The standard InChI is InChI=1S/C11H10F2N2O3/c1-17-10(16)8-3-9(18-11(12)13)7(5-15)2-6(8)4-14/h2-3,11H,4,14H2,1H3. The van der Waals surface area contributed by atoms with Crippen molar-refractivity contribution in [2.24, 2.45) is 5.73 Å². The van der Waals surface area contributed by atoms with E-state index >= 15 is 0 Å². The van der Waals surface area contributed by atoms with Crippen LogP contribution >= 0.6 is 0 Å². The molecule has 0 atom stereocenters. The van der Waals surface area contributed by atoms with Crippen molar-refractivity contribution >= 4 is 5.97 Å². The van der Waals surface area contributed by atoms with Gasteiger partial charge in [0.05, 0.1) is 18.2 Å². The maximum Gasteiger partial charge on any atom is 0.387 e. The van der Waals surface area contributed by atoms with Gasteiger partial charge in [0, 0.05) is 6.54 Å². The van der Waals surface area contributed by atoms with Gasteiger partial charge in [0.25, 0.3) is 0 Å². The minimum Gasteiger partial charge on any atom is -0.465 e. The second-order valence-electron chi connectivity index (χ2n) is 3.19. The summed E-state index contributed by atoms with van der Waals surface area (Å²) in [4.78, 5) is 11.4. The number of hydrogen-bond acceptors (Lipinski definition) is 5. The van der Waals surface area contributed by atoms with E-state index < -0.39 is 12.6 Å². The Morgan fingerprint density at radius 1 is 1.56 bits per heavy atom. The van der Waals surface area contributed by atoms with Crippen LogP contribution in [-0.2, 0) is 11.3 Å². The fourth-order valence-electron chi connectivity index (χ4n) is 1.37. The van der Waals surface area contributed by atoms with E-state index in [1.807, 2.05) is 0 Å². The number of nitrogens with zero attached hydrogens (tertiary/aromatic N) is 1. The molecule has 0 amide bonds. The molecule has 0 aliphatic heterocycles. The molecule has 18 heavy (non-hydrogen) atoms. The minimum atomic E-state index is -3.09. The number of carbonyl (C=O) groups is 1. The number of nitrogens with two attached hydrogens (primary N) is 1. The Bertz CT molecular complexity index is 498. The average molecular weight is 256 g/mol. The Morgan fingerprint density at radius 3 is 2.67 bits per heavy atom. The number of esters is 1. The fraction of sp³-hybridized carbons (Fsp3) is 0.273. The van der Waals surface area contributed by atoms with Gasteiger partial charge in [-0.05, 0) is 17.7 Å². The number of halogens is 2. The van der Waals surface area contributed by atoms with Crippen LogP contribution in [0.3, 0.4) is 0 Å². The first kappa shape index (κ1) is 13.9. The predicted octanol–water partition coefficient (Wildman–Crippen LogP) is 1.40. The van der Waals surface area contributed by atoms with Crippen molar-refractivity contribution in [2.75, 3.05) is 7.11 Å². The van der Waals surface area contributed by atoms with Crippen molar-refractivity contribution < 1.29 is 23.0 Å². The van der Waals surface area contributed by atoms with Gasteiger partial charge < -0.3 is 15.2 Å². The quantitative estimate of drug-likeness (QED) is 0.823. The summed E-state index contributed by atoms with van der Waals surface area (Å²) in [5, 5.41) is 8.81. The lowest BCUT2D eigenvalue weighted by molar-refractivity contribution is -0.0501. The van der Waals surface area contributed by atoms with Crippen LogP contribution in [0, 0.1) is 11.3 Å². The normalized spacial score (nSPS) is 10.0. The molecule has 0 saturated heterocycles. The molecule has 1 aromatic rings. The van der Waals surface area contributed by atoms with Crippen LogP contribution in [0.2, 0.25) is 0 Å².